The second-order valence-corrected chi connectivity index (χ2v) is 7.66. The highest BCUT2D eigenvalue weighted by Gasteiger charge is 2.37. The first-order valence-electron chi connectivity index (χ1n) is 9.36. The Morgan fingerprint density at radius 3 is 2.42 bits per heavy atom. The van der Waals surface area contributed by atoms with Crippen molar-refractivity contribution >= 4 is 17.7 Å². The number of amides is 1. The van der Waals surface area contributed by atoms with E-state index in [0.717, 1.165) is 5.56 Å². The molecule has 1 heterocycles. The SMILES string of the molecule is COCCOc1cccc(OC)c1C1SCC(=O)N1Cc1ccc(OC(F)(F)F)cc1. The van der Waals surface area contributed by atoms with Crippen LogP contribution in [0.1, 0.15) is 16.5 Å². The van der Waals surface area contributed by atoms with E-state index in [4.69, 9.17) is 14.2 Å². The van der Waals surface area contributed by atoms with Crippen LogP contribution in [0.3, 0.4) is 0 Å². The average Bonchev–Trinajstić information content (AvgIpc) is 3.08. The van der Waals surface area contributed by atoms with Crippen molar-refractivity contribution in [1.29, 1.82) is 0 Å². The van der Waals surface area contributed by atoms with E-state index in [0.29, 0.717) is 30.3 Å². The molecule has 3 rings (SSSR count). The van der Waals surface area contributed by atoms with Gasteiger partial charge in [-0.05, 0) is 29.8 Å². The molecule has 1 amide bonds. The number of benzene rings is 2. The highest BCUT2D eigenvalue weighted by molar-refractivity contribution is 8.00. The van der Waals surface area contributed by atoms with E-state index in [9.17, 15) is 18.0 Å². The molecule has 10 heteroatoms. The summed E-state index contributed by atoms with van der Waals surface area (Å²) in [4.78, 5) is 14.3. The fraction of sp³-hybridized carbons (Fsp3) is 0.381. The van der Waals surface area contributed by atoms with Crippen LogP contribution in [-0.2, 0) is 16.1 Å². The third-order valence-electron chi connectivity index (χ3n) is 4.52. The van der Waals surface area contributed by atoms with Crippen LogP contribution in [0.4, 0.5) is 13.2 Å². The summed E-state index contributed by atoms with van der Waals surface area (Å²) in [6, 6.07) is 10.9. The zero-order valence-electron chi connectivity index (χ0n) is 17.0. The molecule has 2 aromatic carbocycles. The summed E-state index contributed by atoms with van der Waals surface area (Å²) >= 11 is 1.44. The average molecular weight is 457 g/mol. The molecule has 6 nitrogen and oxygen atoms in total. The molecule has 0 radical (unpaired) electrons. The molecule has 1 saturated heterocycles. The van der Waals surface area contributed by atoms with Crippen LogP contribution in [0.2, 0.25) is 0 Å². The lowest BCUT2D eigenvalue weighted by molar-refractivity contribution is -0.274. The molecule has 1 aliphatic heterocycles. The Morgan fingerprint density at radius 1 is 1.06 bits per heavy atom. The molecular formula is C21H22F3NO5S. The van der Waals surface area contributed by atoms with Gasteiger partial charge in [0, 0.05) is 13.7 Å². The van der Waals surface area contributed by atoms with Crippen molar-refractivity contribution < 1.29 is 36.9 Å². The fourth-order valence-corrected chi connectivity index (χ4v) is 4.40. The summed E-state index contributed by atoms with van der Waals surface area (Å²) in [7, 11) is 3.12. The molecule has 168 valence electrons. The number of carbonyl (C=O) groups excluding carboxylic acids is 1. The summed E-state index contributed by atoms with van der Waals surface area (Å²) in [6.45, 7) is 0.963. The number of alkyl halides is 3. The third kappa shape index (κ3) is 5.98. The lowest BCUT2D eigenvalue weighted by atomic mass is 10.1. The van der Waals surface area contributed by atoms with Crippen molar-refractivity contribution in [1.82, 2.24) is 4.90 Å². The molecule has 1 aliphatic rings. The normalized spacial score (nSPS) is 16.5. The number of nitrogens with zero attached hydrogens (tertiary/aromatic N) is 1. The quantitative estimate of drug-likeness (QED) is 0.521. The maximum absolute atomic E-state index is 12.6. The molecule has 0 bridgehead atoms. The molecule has 0 aromatic heterocycles. The Bertz CT molecular complexity index is 892. The van der Waals surface area contributed by atoms with Gasteiger partial charge in [0.05, 0.1) is 25.0 Å². The van der Waals surface area contributed by atoms with Crippen LogP contribution >= 0.6 is 11.8 Å². The maximum atomic E-state index is 12.6. The van der Waals surface area contributed by atoms with Crippen LogP contribution in [0.25, 0.3) is 0 Å². The van der Waals surface area contributed by atoms with Gasteiger partial charge in [0.25, 0.3) is 0 Å². The summed E-state index contributed by atoms with van der Waals surface area (Å²) in [5, 5.41) is -0.368. The zero-order chi connectivity index (χ0) is 22.4. The number of methoxy groups -OCH3 is 2. The first-order valence-corrected chi connectivity index (χ1v) is 10.4. The van der Waals surface area contributed by atoms with Gasteiger partial charge in [-0.25, -0.2) is 0 Å². The minimum absolute atomic E-state index is 0.0839. The molecular weight excluding hydrogens is 435 g/mol. The topological polar surface area (TPSA) is 57.2 Å². The Hall–Kier alpha value is -2.59. The minimum atomic E-state index is -4.75. The monoisotopic (exact) mass is 457 g/mol. The lowest BCUT2D eigenvalue weighted by Gasteiger charge is -2.27. The highest BCUT2D eigenvalue weighted by atomic mass is 32.2. The summed E-state index contributed by atoms with van der Waals surface area (Å²) in [5.74, 6) is 1.05. The molecule has 1 fully saturated rings. The number of thioether (sulfide) groups is 1. The van der Waals surface area contributed by atoms with E-state index in [1.54, 1.807) is 37.3 Å². The van der Waals surface area contributed by atoms with Gasteiger partial charge >= 0.3 is 6.36 Å². The predicted octanol–water partition coefficient (Wildman–Crippen LogP) is 4.39. The maximum Gasteiger partial charge on any atom is 0.573 e. The van der Waals surface area contributed by atoms with Crippen molar-refractivity contribution in [3.63, 3.8) is 0 Å². The Balaban J connectivity index is 1.83. The van der Waals surface area contributed by atoms with Gasteiger partial charge in [-0.1, -0.05) is 18.2 Å². The van der Waals surface area contributed by atoms with Crippen LogP contribution < -0.4 is 14.2 Å². The summed E-state index contributed by atoms with van der Waals surface area (Å²) in [6.07, 6.45) is -4.75. The van der Waals surface area contributed by atoms with E-state index in [-0.39, 0.29) is 29.3 Å². The molecule has 0 N–H and O–H groups in total. The third-order valence-corrected chi connectivity index (χ3v) is 5.74. The van der Waals surface area contributed by atoms with E-state index in [1.807, 2.05) is 0 Å². The number of carbonyl (C=O) groups is 1. The number of hydrogen-bond donors (Lipinski definition) is 0. The zero-order valence-corrected chi connectivity index (χ0v) is 17.8. The standard InChI is InChI=1S/C21H22F3NO5S/c1-27-10-11-29-17-5-3-4-16(28-2)19(17)20-25(18(26)13-31-20)12-14-6-8-15(9-7-14)30-21(22,23)24/h3-9,20H,10-13H2,1-2H3. The van der Waals surface area contributed by atoms with E-state index in [2.05, 4.69) is 4.74 Å². The number of ether oxygens (including phenoxy) is 4. The van der Waals surface area contributed by atoms with E-state index < -0.39 is 6.36 Å². The molecule has 31 heavy (non-hydrogen) atoms. The van der Waals surface area contributed by atoms with Gasteiger partial charge in [-0.15, -0.1) is 24.9 Å². The van der Waals surface area contributed by atoms with Gasteiger partial charge < -0.3 is 23.8 Å². The lowest BCUT2D eigenvalue weighted by Crippen LogP contribution is -2.28. The van der Waals surface area contributed by atoms with Gasteiger partial charge in [-0.2, -0.15) is 0 Å². The molecule has 2 aromatic rings. The fourth-order valence-electron chi connectivity index (χ4n) is 3.16. The van der Waals surface area contributed by atoms with Crippen LogP contribution in [0, 0.1) is 0 Å². The molecule has 0 spiro atoms. The molecule has 0 aliphatic carbocycles. The van der Waals surface area contributed by atoms with Gasteiger partial charge in [-0.3, -0.25) is 4.79 Å². The second-order valence-electron chi connectivity index (χ2n) is 6.59. The Kier molecular flexibility index (Phi) is 7.55. The molecule has 1 atom stereocenters. The Morgan fingerprint density at radius 2 is 1.77 bits per heavy atom. The van der Waals surface area contributed by atoms with Crippen molar-refractivity contribution in [3.8, 4) is 17.2 Å². The minimum Gasteiger partial charge on any atom is -0.496 e. The van der Waals surface area contributed by atoms with E-state index in [1.165, 1.54) is 36.0 Å². The first-order chi connectivity index (χ1) is 14.8. The first kappa shape index (κ1) is 23.1. The second kappa shape index (κ2) is 10.1. The van der Waals surface area contributed by atoms with Crippen molar-refractivity contribution in [2.75, 3.05) is 33.2 Å². The van der Waals surface area contributed by atoms with Crippen LogP contribution in [0.15, 0.2) is 42.5 Å². The summed E-state index contributed by atoms with van der Waals surface area (Å²) < 4.78 is 57.4. The van der Waals surface area contributed by atoms with E-state index >= 15 is 0 Å². The number of hydrogen-bond acceptors (Lipinski definition) is 6. The van der Waals surface area contributed by atoms with Gasteiger partial charge in [0.1, 0.15) is 29.2 Å². The number of rotatable bonds is 9. The van der Waals surface area contributed by atoms with Crippen molar-refractivity contribution in [3.05, 3.63) is 53.6 Å². The summed E-state index contributed by atoms with van der Waals surface area (Å²) in [5.41, 5.74) is 1.40. The molecule has 0 saturated carbocycles. The highest BCUT2D eigenvalue weighted by Crippen LogP contribution is 2.47. The van der Waals surface area contributed by atoms with Crippen molar-refractivity contribution in [2.24, 2.45) is 0 Å². The number of halogens is 3. The molecule has 1 unspecified atom stereocenters. The van der Waals surface area contributed by atoms with Gasteiger partial charge in [0.2, 0.25) is 5.91 Å². The largest absolute Gasteiger partial charge is 0.573 e. The predicted molar refractivity (Wildman–Crippen MR) is 109 cm³/mol. The van der Waals surface area contributed by atoms with Crippen LogP contribution in [-0.4, -0.2) is 50.4 Å². The smallest absolute Gasteiger partial charge is 0.496 e. The Labute approximate surface area is 182 Å². The van der Waals surface area contributed by atoms with Crippen molar-refractivity contribution in [2.45, 2.75) is 18.3 Å². The van der Waals surface area contributed by atoms with Crippen LogP contribution in [0.5, 0.6) is 17.2 Å². The van der Waals surface area contributed by atoms with Gasteiger partial charge in [0.15, 0.2) is 0 Å².